The molecule has 0 radical (unpaired) electrons. The van der Waals surface area contributed by atoms with Crippen LogP contribution in [0.2, 0.25) is 0 Å². The number of benzene rings is 1. The highest BCUT2D eigenvalue weighted by Crippen LogP contribution is 2.13. The van der Waals surface area contributed by atoms with Crippen molar-refractivity contribution in [2.45, 2.75) is 26.7 Å². The van der Waals surface area contributed by atoms with Crippen molar-refractivity contribution < 1.29 is 9.53 Å². The van der Waals surface area contributed by atoms with Crippen LogP contribution >= 0.6 is 0 Å². The summed E-state index contributed by atoms with van der Waals surface area (Å²) >= 11 is 0. The quantitative estimate of drug-likeness (QED) is 0.708. The van der Waals surface area contributed by atoms with Crippen molar-refractivity contribution >= 4 is 12.0 Å². The van der Waals surface area contributed by atoms with E-state index < -0.39 is 0 Å². The molecule has 0 aromatic heterocycles. The summed E-state index contributed by atoms with van der Waals surface area (Å²) in [6.45, 7) is 4.32. The molecule has 1 aromatic carbocycles. The molecule has 0 saturated carbocycles. The molecule has 86 valence electrons. The minimum atomic E-state index is -0.147. The maximum atomic E-state index is 11.3. The highest BCUT2D eigenvalue weighted by atomic mass is 16.5. The molecule has 0 unspecified atom stereocenters. The van der Waals surface area contributed by atoms with Gasteiger partial charge in [0.15, 0.2) is 0 Å². The van der Waals surface area contributed by atoms with E-state index in [0.717, 1.165) is 17.6 Å². The lowest BCUT2D eigenvalue weighted by molar-refractivity contribution is -0.142. The molecule has 0 aliphatic heterocycles. The van der Waals surface area contributed by atoms with Gasteiger partial charge in [-0.15, -0.1) is 0 Å². The fourth-order valence-corrected chi connectivity index (χ4v) is 1.46. The van der Waals surface area contributed by atoms with Crippen molar-refractivity contribution in [2.75, 3.05) is 6.61 Å². The summed E-state index contributed by atoms with van der Waals surface area (Å²) in [7, 11) is 0. The highest BCUT2D eigenvalue weighted by Gasteiger charge is 2.04. The Morgan fingerprint density at radius 1 is 1.25 bits per heavy atom. The molecule has 0 amide bonds. The average Bonchev–Trinajstić information content (AvgIpc) is 2.30. The van der Waals surface area contributed by atoms with E-state index in [1.54, 1.807) is 0 Å². The lowest BCUT2D eigenvalue weighted by atomic mass is 10.1. The van der Waals surface area contributed by atoms with Gasteiger partial charge in [0.1, 0.15) is 0 Å². The van der Waals surface area contributed by atoms with E-state index >= 15 is 0 Å². The molecular formula is C14H18O2. The van der Waals surface area contributed by atoms with E-state index in [2.05, 4.69) is 6.08 Å². The van der Waals surface area contributed by atoms with Crippen LogP contribution in [0.1, 0.15) is 32.3 Å². The molecule has 0 heterocycles. The SMILES string of the molecule is CCOC(=O)C/C(=C\c1ccccc1)CC. The van der Waals surface area contributed by atoms with Gasteiger partial charge >= 0.3 is 5.97 Å². The van der Waals surface area contributed by atoms with Gasteiger partial charge in [-0.05, 0) is 18.9 Å². The van der Waals surface area contributed by atoms with Crippen LogP contribution in [-0.4, -0.2) is 12.6 Å². The first-order valence-electron chi connectivity index (χ1n) is 5.66. The van der Waals surface area contributed by atoms with Crippen molar-refractivity contribution in [1.82, 2.24) is 0 Å². The van der Waals surface area contributed by atoms with Crippen LogP contribution in [0, 0.1) is 0 Å². The Labute approximate surface area is 96.9 Å². The summed E-state index contributed by atoms with van der Waals surface area (Å²) in [5, 5.41) is 0. The van der Waals surface area contributed by atoms with E-state index in [0.29, 0.717) is 13.0 Å². The molecule has 0 bridgehead atoms. The van der Waals surface area contributed by atoms with Crippen LogP contribution in [0.4, 0.5) is 0 Å². The van der Waals surface area contributed by atoms with Crippen molar-refractivity contribution in [3.8, 4) is 0 Å². The Morgan fingerprint density at radius 3 is 2.50 bits per heavy atom. The fourth-order valence-electron chi connectivity index (χ4n) is 1.46. The normalized spacial score (nSPS) is 11.2. The van der Waals surface area contributed by atoms with Crippen LogP contribution in [0.5, 0.6) is 0 Å². The summed E-state index contributed by atoms with van der Waals surface area (Å²) < 4.78 is 4.93. The van der Waals surface area contributed by atoms with Crippen LogP contribution < -0.4 is 0 Å². The fraction of sp³-hybridized carbons (Fsp3) is 0.357. The first-order valence-corrected chi connectivity index (χ1v) is 5.66. The van der Waals surface area contributed by atoms with Crippen LogP contribution in [0.15, 0.2) is 35.9 Å². The molecule has 0 aliphatic carbocycles. The second kappa shape index (κ2) is 6.83. The maximum Gasteiger partial charge on any atom is 0.309 e. The summed E-state index contributed by atoms with van der Waals surface area (Å²) in [6, 6.07) is 10.0. The number of ether oxygens (including phenoxy) is 1. The second-order valence-corrected chi connectivity index (χ2v) is 3.55. The largest absolute Gasteiger partial charge is 0.466 e. The van der Waals surface area contributed by atoms with Crippen molar-refractivity contribution in [2.24, 2.45) is 0 Å². The van der Waals surface area contributed by atoms with Crippen LogP contribution in [-0.2, 0) is 9.53 Å². The average molecular weight is 218 g/mol. The molecule has 0 saturated heterocycles. The standard InChI is InChI=1S/C14H18O2/c1-3-12(11-14(15)16-4-2)10-13-8-6-5-7-9-13/h5-10H,3-4,11H2,1-2H3/b12-10-. The van der Waals surface area contributed by atoms with E-state index in [9.17, 15) is 4.79 Å². The first kappa shape index (κ1) is 12.5. The summed E-state index contributed by atoms with van der Waals surface area (Å²) in [5.41, 5.74) is 2.23. The molecular weight excluding hydrogens is 200 g/mol. The molecule has 2 heteroatoms. The lowest BCUT2D eigenvalue weighted by Gasteiger charge is -2.04. The third-order valence-corrected chi connectivity index (χ3v) is 2.30. The number of rotatable bonds is 5. The topological polar surface area (TPSA) is 26.3 Å². The van der Waals surface area contributed by atoms with E-state index in [-0.39, 0.29) is 5.97 Å². The monoisotopic (exact) mass is 218 g/mol. The molecule has 0 spiro atoms. The number of carbonyl (C=O) groups is 1. The summed E-state index contributed by atoms with van der Waals surface area (Å²) in [6.07, 6.45) is 3.31. The van der Waals surface area contributed by atoms with Crippen molar-refractivity contribution in [1.29, 1.82) is 0 Å². The van der Waals surface area contributed by atoms with Gasteiger partial charge in [-0.1, -0.05) is 48.9 Å². The Kier molecular flexibility index (Phi) is 5.34. The third-order valence-electron chi connectivity index (χ3n) is 2.30. The van der Waals surface area contributed by atoms with Gasteiger partial charge in [-0.3, -0.25) is 4.79 Å². The molecule has 0 aliphatic rings. The number of carbonyl (C=O) groups excluding carboxylic acids is 1. The Bertz CT molecular complexity index is 352. The van der Waals surface area contributed by atoms with Gasteiger partial charge in [0.2, 0.25) is 0 Å². The van der Waals surface area contributed by atoms with Gasteiger partial charge in [0, 0.05) is 0 Å². The van der Waals surface area contributed by atoms with Gasteiger partial charge in [-0.25, -0.2) is 0 Å². The zero-order valence-electron chi connectivity index (χ0n) is 9.90. The van der Waals surface area contributed by atoms with Gasteiger partial charge in [0.05, 0.1) is 13.0 Å². The number of esters is 1. The minimum absolute atomic E-state index is 0.147. The van der Waals surface area contributed by atoms with Crippen molar-refractivity contribution in [3.05, 3.63) is 41.5 Å². The Morgan fingerprint density at radius 2 is 1.94 bits per heavy atom. The predicted molar refractivity (Wildman–Crippen MR) is 66.0 cm³/mol. The molecule has 2 nitrogen and oxygen atoms in total. The van der Waals surface area contributed by atoms with Gasteiger partial charge in [0.25, 0.3) is 0 Å². The highest BCUT2D eigenvalue weighted by molar-refractivity contribution is 5.74. The van der Waals surface area contributed by atoms with Gasteiger partial charge < -0.3 is 4.74 Å². The van der Waals surface area contributed by atoms with Crippen LogP contribution in [0.25, 0.3) is 6.08 Å². The predicted octanol–water partition coefficient (Wildman–Crippen LogP) is 3.43. The van der Waals surface area contributed by atoms with E-state index in [1.807, 2.05) is 44.2 Å². The number of hydrogen-bond acceptors (Lipinski definition) is 2. The lowest BCUT2D eigenvalue weighted by Crippen LogP contribution is -2.04. The molecule has 0 fully saturated rings. The smallest absolute Gasteiger partial charge is 0.309 e. The van der Waals surface area contributed by atoms with E-state index in [4.69, 9.17) is 4.74 Å². The molecule has 1 aromatic rings. The molecule has 0 atom stereocenters. The first-order chi connectivity index (χ1) is 7.76. The van der Waals surface area contributed by atoms with E-state index in [1.165, 1.54) is 0 Å². The Hall–Kier alpha value is -1.57. The summed E-state index contributed by atoms with van der Waals surface area (Å²) in [4.78, 5) is 11.3. The summed E-state index contributed by atoms with van der Waals surface area (Å²) in [5.74, 6) is -0.147. The zero-order chi connectivity index (χ0) is 11.8. The van der Waals surface area contributed by atoms with Crippen molar-refractivity contribution in [3.63, 3.8) is 0 Å². The molecule has 0 N–H and O–H groups in total. The number of hydrogen-bond donors (Lipinski definition) is 0. The minimum Gasteiger partial charge on any atom is -0.466 e. The maximum absolute atomic E-state index is 11.3. The third kappa shape index (κ3) is 4.30. The molecule has 16 heavy (non-hydrogen) atoms. The molecule has 1 rings (SSSR count). The van der Waals surface area contributed by atoms with Crippen LogP contribution in [0.3, 0.4) is 0 Å². The van der Waals surface area contributed by atoms with Gasteiger partial charge in [-0.2, -0.15) is 0 Å². The second-order valence-electron chi connectivity index (χ2n) is 3.55. The Balaban J connectivity index is 2.67. The zero-order valence-corrected chi connectivity index (χ0v) is 9.90.